The van der Waals surface area contributed by atoms with Crippen LogP contribution >= 0.6 is 0 Å². The lowest BCUT2D eigenvalue weighted by Gasteiger charge is -2.21. The molecular formula is C18H13FO4. The van der Waals surface area contributed by atoms with E-state index >= 15 is 0 Å². The smallest absolute Gasteiger partial charge is 0.338 e. The van der Waals surface area contributed by atoms with Crippen molar-refractivity contribution in [3.63, 3.8) is 0 Å². The van der Waals surface area contributed by atoms with Crippen LogP contribution in [0.4, 0.5) is 4.39 Å². The minimum absolute atomic E-state index is 0.0257. The summed E-state index contributed by atoms with van der Waals surface area (Å²) in [6.45, 7) is 0. The second-order valence-corrected chi connectivity index (χ2v) is 5.00. The van der Waals surface area contributed by atoms with Crippen LogP contribution in [0.15, 0.2) is 36.4 Å². The molecule has 0 heterocycles. The summed E-state index contributed by atoms with van der Waals surface area (Å²) in [5.74, 6) is -1.23. The molecule has 0 bridgehead atoms. The van der Waals surface area contributed by atoms with E-state index in [0.717, 1.165) is 0 Å². The predicted octanol–water partition coefficient (Wildman–Crippen LogP) is 3.09. The molecule has 116 valence electrons. The van der Waals surface area contributed by atoms with Crippen molar-refractivity contribution in [2.45, 2.75) is 0 Å². The summed E-state index contributed by atoms with van der Waals surface area (Å²) in [6.07, 6.45) is 1.62. The molecule has 0 aliphatic heterocycles. The molecule has 0 unspecified atom stereocenters. The summed E-state index contributed by atoms with van der Waals surface area (Å²) in [5, 5.41) is 0. The van der Waals surface area contributed by atoms with Gasteiger partial charge in [-0.3, -0.25) is 4.79 Å². The Morgan fingerprint density at radius 3 is 2.43 bits per heavy atom. The molecule has 0 fully saturated rings. The number of ketones is 1. The first-order valence-corrected chi connectivity index (χ1v) is 6.88. The van der Waals surface area contributed by atoms with Crippen molar-refractivity contribution < 1.29 is 23.5 Å². The lowest BCUT2D eigenvalue weighted by Crippen LogP contribution is -2.14. The van der Waals surface area contributed by atoms with Crippen LogP contribution < -0.4 is 4.74 Å². The number of hydrogen-bond donors (Lipinski definition) is 0. The first-order valence-electron chi connectivity index (χ1n) is 6.88. The lowest BCUT2D eigenvalue weighted by atomic mass is 9.85. The number of halogens is 1. The number of fused-ring (bicyclic) bond motifs is 1. The SMILES string of the molecule is COC(=O)C1=Cc2cc(C(=O)c3ccccc3F)c(OC)cc21. The fourth-order valence-electron chi connectivity index (χ4n) is 2.52. The standard InChI is InChI=1S/C18H13FO4/c1-22-16-9-12-10(7-13(12)18(21)23-2)8-14(16)17(20)11-5-3-4-6-15(11)19/h3-9H,1-2H3. The Morgan fingerprint density at radius 2 is 1.78 bits per heavy atom. The minimum Gasteiger partial charge on any atom is -0.496 e. The fourth-order valence-corrected chi connectivity index (χ4v) is 2.52. The van der Waals surface area contributed by atoms with Gasteiger partial charge in [-0.25, -0.2) is 9.18 Å². The molecule has 23 heavy (non-hydrogen) atoms. The van der Waals surface area contributed by atoms with Gasteiger partial charge in [0.05, 0.1) is 30.9 Å². The summed E-state index contributed by atoms with van der Waals surface area (Å²) >= 11 is 0. The molecule has 0 radical (unpaired) electrons. The van der Waals surface area contributed by atoms with Crippen molar-refractivity contribution in [3.05, 3.63) is 64.5 Å². The third kappa shape index (κ3) is 2.40. The number of esters is 1. The van der Waals surface area contributed by atoms with Crippen molar-refractivity contribution in [3.8, 4) is 5.75 Å². The molecule has 2 aromatic carbocycles. The Hall–Kier alpha value is -2.95. The van der Waals surface area contributed by atoms with E-state index in [4.69, 9.17) is 4.74 Å². The molecule has 4 nitrogen and oxygen atoms in total. The van der Waals surface area contributed by atoms with E-state index < -0.39 is 17.6 Å². The zero-order valence-corrected chi connectivity index (χ0v) is 12.6. The van der Waals surface area contributed by atoms with Gasteiger partial charge in [0, 0.05) is 0 Å². The molecule has 0 aromatic heterocycles. The summed E-state index contributed by atoms with van der Waals surface area (Å²) in [5.41, 5.74) is 2.01. The van der Waals surface area contributed by atoms with Gasteiger partial charge in [0.15, 0.2) is 5.78 Å². The number of benzene rings is 2. The van der Waals surface area contributed by atoms with Crippen molar-refractivity contribution >= 4 is 23.4 Å². The predicted molar refractivity (Wildman–Crippen MR) is 82.7 cm³/mol. The maximum Gasteiger partial charge on any atom is 0.338 e. The van der Waals surface area contributed by atoms with Gasteiger partial charge in [0.1, 0.15) is 11.6 Å². The van der Waals surface area contributed by atoms with Gasteiger partial charge in [0.2, 0.25) is 0 Å². The molecule has 0 saturated carbocycles. The zero-order valence-electron chi connectivity index (χ0n) is 12.6. The lowest BCUT2D eigenvalue weighted by molar-refractivity contribution is -0.133. The third-order valence-corrected chi connectivity index (χ3v) is 3.73. The maximum atomic E-state index is 13.8. The summed E-state index contributed by atoms with van der Waals surface area (Å²) < 4.78 is 23.8. The van der Waals surface area contributed by atoms with Crippen LogP contribution in [0.3, 0.4) is 0 Å². The Balaban J connectivity index is 2.04. The average molecular weight is 312 g/mol. The number of rotatable bonds is 4. The van der Waals surface area contributed by atoms with Gasteiger partial charge < -0.3 is 9.47 Å². The average Bonchev–Trinajstić information content (AvgIpc) is 2.55. The molecule has 1 aliphatic carbocycles. The van der Waals surface area contributed by atoms with E-state index in [-0.39, 0.29) is 16.9 Å². The van der Waals surface area contributed by atoms with Crippen molar-refractivity contribution in [2.24, 2.45) is 0 Å². The van der Waals surface area contributed by atoms with Crippen LogP contribution in [0.25, 0.3) is 11.6 Å². The highest BCUT2D eigenvalue weighted by atomic mass is 19.1. The Morgan fingerprint density at radius 1 is 1.04 bits per heavy atom. The number of ether oxygens (including phenoxy) is 2. The third-order valence-electron chi connectivity index (χ3n) is 3.73. The molecule has 0 atom stereocenters. The van der Waals surface area contributed by atoms with Crippen LogP contribution in [-0.4, -0.2) is 26.0 Å². The van der Waals surface area contributed by atoms with Crippen LogP contribution in [0.2, 0.25) is 0 Å². The highest BCUT2D eigenvalue weighted by Crippen LogP contribution is 2.38. The molecular weight excluding hydrogens is 299 g/mol. The second kappa shape index (κ2) is 5.68. The van der Waals surface area contributed by atoms with Crippen molar-refractivity contribution in [1.29, 1.82) is 0 Å². The highest BCUT2D eigenvalue weighted by molar-refractivity contribution is 6.28. The Labute approximate surface area is 132 Å². The van der Waals surface area contributed by atoms with E-state index in [0.29, 0.717) is 16.7 Å². The molecule has 2 aromatic rings. The first-order chi connectivity index (χ1) is 11.1. The molecule has 0 spiro atoms. The van der Waals surface area contributed by atoms with E-state index in [1.807, 2.05) is 0 Å². The molecule has 3 rings (SSSR count). The molecule has 1 aliphatic rings. The summed E-state index contributed by atoms with van der Waals surface area (Å²) in [6, 6.07) is 8.96. The highest BCUT2D eigenvalue weighted by Gasteiger charge is 2.28. The number of carbonyl (C=O) groups is 2. The minimum atomic E-state index is -0.590. The summed E-state index contributed by atoms with van der Waals surface area (Å²) in [4.78, 5) is 24.2. The topological polar surface area (TPSA) is 52.6 Å². The van der Waals surface area contributed by atoms with E-state index in [1.54, 1.807) is 24.3 Å². The van der Waals surface area contributed by atoms with Gasteiger partial charge in [-0.15, -0.1) is 0 Å². The van der Waals surface area contributed by atoms with Gasteiger partial charge in [0.25, 0.3) is 0 Å². The summed E-state index contributed by atoms with van der Waals surface area (Å²) in [7, 11) is 2.72. The van der Waals surface area contributed by atoms with Crippen LogP contribution in [0.5, 0.6) is 5.75 Å². The van der Waals surface area contributed by atoms with E-state index in [9.17, 15) is 14.0 Å². The van der Waals surface area contributed by atoms with Crippen LogP contribution in [0.1, 0.15) is 27.0 Å². The second-order valence-electron chi connectivity index (χ2n) is 5.00. The van der Waals surface area contributed by atoms with Crippen molar-refractivity contribution in [1.82, 2.24) is 0 Å². The van der Waals surface area contributed by atoms with Gasteiger partial charge in [-0.2, -0.15) is 0 Å². The van der Waals surface area contributed by atoms with E-state index in [2.05, 4.69) is 4.74 Å². The Bertz CT molecular complexity index is 852. The largest absolute Gasteiger partial charge is 0.496 e. The maximum absolute atomic E-state index is 13.8. The monoisotopic (exact) mass is 312 g/mol. The number of hydrogen-bond acceptors (Lipinski definition) is 4. The number of methoxy groups -OCH3 is 2. The fraction of sp³-hybridized carbons (Fsp3) is 0.111. The van der Waals surface area contributed by atoms with Crippen LogP contribution in [-0.2, 0) is 9.53 Å². The normalized spacial score (nSPS) is 11.9. The van der Waals surface area contributed by atoms with Gasteiger partial charge in [-0.05, 0) is 41.5 Å². The van der Waals surface area contributed by atoms with E-state index in [1.165, 1.54) is 32.4 Å². The van der Waals surface area contributed by atoms with Gasteiger partial charge >= 0.3 is 5.97 Å². The Kier molecular flexibility index (Phi) is 3.70. The molecule has 0 N–H and O–H groups in total. The first kappa shape index (κ1) is 15.0. The molecule has 0 amide bonds. The number of carbonyl (C=O) groups excluding carboxylic acids is 2. The quantitative estimate of drug-likeness (QED) is 0.643. The molecule has 0 saturated heterocycles. The van der Waals surface area contributed by atoms with Gasteiger partial charge in [-0.1, -0.05) is 12.1 Å². The molecule has 5 heteroatoms. The van der Waals surface area contributed by atoms with Crippen molar-refractivity contribution in [2.75, 3.05) is 14.2 Å². The van der Waals surface area contributed by atoms with Crippen LogP contribution in [0, 0.1) is 5.82 Å². The zero-order chi connectivity index (χ0) is 16.6.